The Hall–Kier alpha value is -3.26. The fourth-order valence-electron chi connectivity index (χ4n) is 3.10. The third-order valence-electron chi connectivity index (χ3n) is 4.73. The van der Waals surface area contributed by atoms with Crippen molar-refractivity contribution in [2.45, 2.75) is 33.7 Å². The number of nitrogens with zero attached hydrogens (tertiary/aromatic N) is 2. The van der Waals surface area contributed by atoms with Crippen molar-refractivity contribution in [3.8, 4) is 0 Å². The Bertz CT molecular complexity index is 919. The molecule has 8 nitrogen and oxygen atoms in total. The first-order valence-corrected chi connectivity index (χ1v) is 9.22. The van der Waals surface area contributed by atoms with Gasteiger partial charge in [-0.3, -0.25) is 24.6 Å². The Labute approximate surface area is 170 Å². The van der Waals surface area contributed by atoms with Crippen LogP contribution in [0.5, 0.6) is 0 Å². The topological polar surface area (TPSA) is 105 Å². The molecule has 0 saturated carbocycles. The van der Waals surface area contributed by atoms with E-state index in [4.69, 9.17) is 0 Å². The Morgan fingerprint density at radius 1 is 1.10 bits per heavy atom. The van der Waals surface area contributed by atoms with Crippen molar-refractivity contribution in [1.29, 1.82) is 0 Å². The molecule has 2 aromatic carbocycles. The second kappa shape index (κ2) is 9.29. The molecule has 2 aromatic rings. The first-order valence-electron chi connectivity index (χ1n) is 9.22. The van der Waals surface area contributed by atoms with Gasteiger partial charge in [0.1, 0.15) is 5.69 Å². The summed E-state index contributed by atoms with van der Waals surface area (Å²) < 4.78 is 0. The number of hydrogen-bond donors (Lipinski definition) is 2. The van der Waals surface area contributed by atoms with Crippen LogP contribution in [0.2, 0.25) is 0 Å². The minimum absolute atomic E-state index is 0.00176. The highest BCUT2D eigenvalue weighted by molar-refractivity contribution is 5.98. The average Bonchev–Trinajstić information content (AvgIpc) is 2.64. The van der Waals surface area contributed by atoms with Crippen molar-refractivity contribution in [1.82, 2.24) is 4.90 Å². The third kappa shape index (κ3) is 5.61. The highest BCUT2D eigenvalue weighted by Crippen LogP contribution is 2.24. The molecule has 29 heavy (non-hydrogen) atoms. The van der Waals surface area contributed by atoms with E-state index in [1.54, 1.807) is 24.9 Å². The fraction of sp³-hybridized carbons (Fsp3) is 0.333. The predicted octanol–water partition coefficient (Wildman–Crippen LogP) is 3.42. The van der Waals surface area contributed by atoms with E-state index in [0.717, 1.165) is 22.4 Å². The van der Waals surface area contributed by atoms with E-state index >= 15 is 0 Å². The summed E-state index contributed by atoms with van der Waals surface area (Å²) in [6.07, 6.45) is 0. The highest BCUT2D eigenvalue weighted by atomic mass is 16.6. The van der Waals surface area contributed by atoms with E-state index in [-0.39, 0.29) is 23.8 Å². The number of carbonyl (C=O) groups excluding carboxylic acids is 2. The maximum atomic E-state index is 12.5. The lowest BCUT2D eigenvalue weighted by Crippen LogP contribution is -2.43. The van der Waals surface area contributed by atoms with E-state index < -0.39 is 16.9 Å². The maximum absolute atomic E-state index is 12.5. The van der Waals surface area contributed by atoms with Gasteiger partial charge < -0.3 is 10.6 Å². The molecule has 154 valence electrons. The van der Waals surface area contributed by atoms with Crippen LogP contribution in [0.3, 0.4) is 0 Å². The number of hydrogen-bond acceptors (Lipinski definition) is 5. The molecule has 2 rings (SSSR count). The van der Waals surface area contributed by atoms with Gasteiger partial charge in [-0.15, -0.1) is 0 Å². The summed E-state index contributed by atoms with van der Waals surface area (Å²) in [5.74, 6) is -0.676. The Balaban J connectivity index is 2.01. The van der Waals surface area contributed by atoms with Gasteiger partial charge in [0.2, 0.25) is 11.8 Å². The molecule has 0 aliphatic heterocycles. The molecule has 0 radical (unpaired) electrons. The largest absolute Gasteiger partial charge is 0.324 e. The first kappa shape index (κ1) is 22.0. The van der Waals surface area contributed by atoms with Crippen LogP contribution in [-0.2, 0) is 9.59 Å². The smallest absolute Gasteiger partial charge is 0.292 e. The SMILES string of the molecule is Cc1cc(C)c(NC(=O)CN(C)[C@@H](C)C(=O)Nc2ccccc2[N+](=O)[O-])c(C)c1. The van der Waals surface area contributed by atoms with Crippen molar-refractivity contribution in [3.05, 3.63) is 63.2 Å². The number of anilines is 2. The maximum Gasteiger partial charge on any atom is 0.292 e. The summed E-state index contributed by atoms with van der Waals surface area (Å²) in [7, 11) is 1.65. The second-order valence-electron chi connectivity index (χ2n) is 7.18. The molecule has 2 N–H and O–H groups in total. The zero-order chi connectivity index (χ0) is 21.7. The van der Waals surface area contributed by atoms with E-state index in [1.165, 1.54) is 18.2 Å². The minimum atomic E-state index is -0.666. The lowest BCUT2D eigenvalue weighted by atomic mass is 10.1. The zero-order valence-electron chi connectivity index (χ0n) is 17.3. The molecule has 0 heterocycles. The lowest BCUT2D eigenvalue weighted by molar-refractivity contribution is -0.383. The summed E-state index contributed by atoms with van der Waals surface area (Å²) in [6, 6.07) is 9.26. The van der Waals surface area contributed by atoms with E-state index in [0.29, 0.717) is 0 Å². The third-order valence-corrected chi connectivity index (χ3v) is 4.73. The van der Waals surface area contributed by atoms with Gasteiger partial charge in [0.15, 0.2) is 0 Å². The van der Waals surface area contributed by atoms with E-state index in [9.17, 15) is 19.7 Å². The van der Waals surface area contributed by atoms with Crippen LogP contribution in [0, 0.1) is 30.9 Å². The quantitative estimate of drug-likeness (QED) is 0.549. The number of nitrogens with one attached hydrogen (secondary N) is 2. The first-order chi connectivity index (χ1) is 13.6. The summed E-state index contributed by atoms with van der Waals surface area (Å²) in [4.78, 5) is 37.1. The van der Waals surface area contributed by atoms with Crippen LogP contribution in [0.1, 0.15) is 23.6 Å². The Kier molecular flexibility index (Phi) is 7.06. The number of aryl methyl sites for hydroxylation is 3. The summed E-state index contributed by atoms with van der Waals surface area (Å²) in [5, 5.41) is 16.6. The van der Waals surface area contributed by atoms with Gasteiger partial charge >= 0.3 is 0 Å². The fourth-order valence-corrected chi connectivity index (χ4v) is 3.10. The van der Waals surface area contributed by atoms with Gasteiger partial charge in [0.25, 0.3) is 5.69 Å². The molecule has 0 spiro atoms. The molecule has 0 saturated heterocycles. The number of amides is 2. The number of likely N-dealkylation sites (N-methyl/N-ethyl adjacent to an activating group) is 1. The van der Waals surface area contributed by atoms with Crippen molar-refractivity contribution >= 4 is 28.9 Å². The number of para-hydroxylation sites is 2. The van der Waals surface area contributed by atoms with E-state index in [1.807, 2.05) is 32.9 Å². The molecule has 0 aliphatic rings. The van der Waals surface area contributed by atoms with Crippen molar-refractivity contribution < 1.29 is 14.5 Å². The number of benzene rings is 2. The molecule has 0 fully saturated rings. The van der Waals surface area contributed by atoms with E-state index in [2.05, 4.69) is 10.6 Å². The summed E-state index contributed by atoms with van der Waals surface area (Å²) in [6.45, 7) is 7.50. The lowest BCUT2D eigenvalue weighted by Gasteiger charge is -2.23. The van der Waals surface area contributed by atoms with Gasteiger partial charge in [-0.25, -0.2) is 0 Å². The summed E-state index contributed by atoms with van der Waals surface area (Å²) >= 11 is 0. The predicted molar refractivity (Wildman–Crippen MR) is 113 cm³/mol. The van der Waals surface area contributed by atoms with Crippen LogP contribution in [0.4, 0.5) is 17.1 Å². The molecular weight excluding hydrogens is 372 g/mol. The van der Waals surface area contributed by atoms with Gasteiger partial charge in [-0.05, 0) is 51.9 Å². The minimum Gasteiger partial charge on any atom is -0.324 e. The number of nitro groups is 1. The molecular formula is C21H26N4O4. The van der Waals surface area contributed by atoms with Crippen LogP contribution >= 0.6 is 0 Å². The van der Waals surface area contributed by atoms with Crippen LogP contribution < -0.4 is 10.6 Å². The van der Waals surface area contributed by atoms with Crippen LogP contribution in [0.25, 0.3) is 0 Å². The monoisotopic (exact) mass is 398 g/mol. The standard InChI is InChI=1S/C21H26N4O4/c1-13-10-14(2)20(15(3)11-13)23-19(26)12-24(5)16(4)21(27)22-17-8-6-7-9-18(17)25(28)29/h6-11,16H,12H2,1-5H3,(H,22,27)(H,23,26)/t16-/m0/s1. The van der Waals surface area contributed by atoms with Crippen LogP contribution in [0.15, 0.2) is 36.4 Å². The molecule has 0 aromatic heterocycles. The molecule has 8 heteroatoms. The zero-order valence-corrected chi connectivity index (χ0v) is 17.3. The molecule has 0 bridgehead atoms. The molecule has 1 atom stereocenters. The van der Waals surface area contributed by atoms with Gasteiger partial charge in [0, 0.05) is 11.8 Å². The van der Waals surface area contributed by atoms with Gasteiger partial charge in [-0.1, -0.05) is 29.8 Å². The normalized spacial score (nSPS) is 11.8. The molecule has 0 unspecified atom stereocenters. The van der Waals surface area contributed by atoms with Crippen LogP contribution in [-0.4, -0.2) is 41.3 Å². The van der Waals surface area contributed by atoms with Crippen molar-refractivity contribution in [3.63, 3.8) is 0 Å². The number of nitro benzene ring substituents is 1. The second-order valence-corrected chi connectivity index (χ2v) is 7.18. The molecule has 0 aliphatic carbocycles. The Morgan fingerprint density at radius 2 is 1.69 bits per heavy atom. The summed E-state index contributed by atoms with van der Waals surface area (Å²) in [5.41, 5.74) is 3.78. The van der Waals surface area contributed by atoms with Crippen molar-refractivity contribution in [2.75, 3.05) is 24.2 Å². The average molecular weight is 398 g/mol. The highest BCUT2D eigenvalue weighted by Gasteiger charge is 2.23. The van der Waals surface area contributed by atoms with Gasteiger partial charge in [0.05, 0.1) is 17.5 Å². The van der Waals surface area contributed by atoms with Crippen molar-refractivity contribution in [2.24, 2.45) is 0 Å². The Morgan fingerprint density at radius 3 is 2.28 bits per heavy atom. The number of carbonyl (C=O) groups is 2. The molecule has 2 amide bonds. The van der Waals surface area contributed by atoms with Gasteiger partial charge in [-0.2, -0.15) is 0 Å². The number of rotatable bonds is 7.